The molecule has 1 aromatic heterocycles. The van der Waals surface area contributed by atoms with Crippen molar-refractivity contribution in [1.82, 2.24) is 9.97 Å². The molecule has 0 atom stereocenters. The highest BCUT2D eigenvalue weighted by atomic mass is 35.5. The van der Waals surface area contributed by atoms with E-state index in [9.17, 15) is 13.2 Å². The van der Waals surface area contributed by atoms with E-state index in [4.69, 9.17) is 11.6 Å². The van der Waals surface area contributed by atoms with Crippen LogP contribution in [0.1, 0.15) is 0 Å². The smallest absolute Gasteiger partial charge is 0.161 e. The van der Waals surface area contributed by atoms with Crippen LogP contribution in [-0.4, -0.2) is 9.97 Å². The zero-order valence-electron chi connectivity index (χ0n) is 9.87. The zero-order chi connectivity index (χ0) is 14.3. The minimum absolute atomic E-state index is 0.0338. The van der Waals surface area contributed by atoms with E-state index in [2.05, 4.69) is 9.97 Å². The van der Waals surface area contributed by atoms with Gasteiger partial charge < -0.3 is 0 Å². The number of hydrogen-bond donors (Lipinski definition) is 0. The molecule has 0 amide bonds. The summed E-state index contributed by atoms with van der Waals surface area (Å²) in [5.41, 5.74) is 0.403. The maximum Gasteiger partial charge on any atom is 0.161 e. The Labute approximate surface area is 116 Å². The molecular formula is C14H6ClF3N2. The summed E-state index contributed by atoms with van der Waals surface area (Å²) in [6.07, 6.45) is 0. The van der Waals surface area contributed by atoms with Crippen molar-refractivity contribution in [3.05, 3.63) is 59.0 Å². The third kappa shape index (κ3) is 2.20. The summed E-state index contributed by atoms with van der Waals surface area (Å²) in [4.78, 5) is 7.98. The fourth-order valence-electron chi connectivity index (χ4n) is 1.91. The van der Waals surface area contributed by atoms with E-state index in [1.807, 2.05) is 0 Å². The second kappa shape index (κ2) is 4.76. The summed E-state index contributed by atoms with van der Waals surface area (Å²) in [6.45, 7) is 0. The molecule has 2 nitrogen and oxygen atoms in total. The van der Waals surface area contributed by atoms with E-state index in [0.717, 1.165) is 18.2 Å². The third-order valence-corrected chi connectivity index (χ3v) is 3.02. The lowest BCUT2D eigenvalue weighted by molar-refractivity contribution is 0.584. The predicted octanol–water partition coefficient (Wildman–Crippen LogP) is 4.37. The van der Waals surface area contributed by atoms with Crippen molar-refractivity contribution in [3.8, 4) is 11.4 Å². The fourth-order valence-corrected chi connectivity index (χ4v) is 2.18. The number of fused-ring (bicyclic) bond motifs is 1. The van der Waals surface area contributed by atoms with Gasteiger partial charge in [-0.3, -0.25) is 0 Å². The average Bonchev–Trinajstić information content (AvgIpc) is 2.37. The van der Waals surface area contributed by atoms with Gasteiger partial charge in [0.2, 0.25) is 0 Å². The van der Waals surface area contributed by atoms with Crippen LogP contribution >= 0.6 is 11.6 Å². The second-order valence-corrected chi connectivity index (χ2v) is 4.49. The Kier molecular flexibility index (Phi) is 3.06. The number of benzene rings is 2. The predicted molar refractivity (Wildman–Crippen MR) is 69.9 cm³/mol. The molecule has 100 valence electrons. The van der Waals surface area contributed by atoms with Crippen molar-refractivity contribution in [2.45, 2.75) is 0 Å². The molecule has 20 heavy (non-hydrogen) atoms. The summed E-state index contributed by atoms with van der Waals surface area (Å²) in [5.74, 6) is -2.02. The maximum absolute atomic E-state index is 13.6. The summed E-state index contributed by atoms with van der Waals surface area (Å²) in [6, 6.07) is 7.16. The summed E-state index contributed by atoms with van der Waals surface area (Å²) in [7, 11) is 0. The molecular weight excluding hydrogens is 289 g/mol. The molecule has 0 aliphatic rings. The zero-order valence-corrected chi connectivity index (χ0v) is 10.6. The van der Waals surface area contributed by atoms with E-state index in [0.29, 0.717) is 0 Å². The first kappa shape index (κ1) is 12.9. The molecule has 0 unspecified atom stereocenters. The highest BCUT2D eigenvalue weighted by molar-refractivity contribution is 6.34. The van der Waals surface area contributed by atoms with Crippen molar-refractivity contribution in [2.24, 2.45) is 0 Å². The third-order valence-electron chi connectivity index (χ3n) is 2.75. The van der Waals surface area contributed by atoms with Crippen LogP contribution in [0.2, 0.25) is 5.15 Å². The molecule has 1 heterocycles. The van der Waals surface area contributed by atoms with Crippen LogP contribution < -0.4 is 0 Å². The quantitative estimate of drug-likeness (QED) is 0.623. The van der Waals surface area contributed by atoms with Gasteiger partial charge in [-0.25, -0.2) is 23.1 Å². The molecule has 6 heteroatoms. The molecule has 2 aromatic carbocycles. The summed E-state index contributed by atoms with van der Waals surface area (Å²) >= 11 is 5.92. The van der Waals surface area contributed by atoms with Crippen LogP contribution in [0.5, 0.6) is 0 Å². The molecule has 0 saturated carbocycles. The Morgan fingerprint density at radius 1 is 0.900 bits per heavy atom. The maximum atomic E-state index is 13.6. The van der Waals surface area contributed by atoms with Crippen molar-refractivity contribution >= 4 is 22.5 Å². The monoisotopic (exact) mass is 294 g/mol. The average molecular weight is 295 g/mol. The SMILES string of the molecule is Fc1cc(F)cc(-c2nc(Cl)c3c(F)cccc3n2)c1. The molecule has 0 aliphatic heterocycles. The number of hydrogen-bond acceptors (Lipinski definition) is 2. The van der Waals surface area contributed by atoms with Gasteiger partial charge in [0.1, 0.15) is 22.6 Å². The number of rotatable bonds is 1. The minimum Gasteiger partial charge on any atom is -0.228 e. The van der Waals surface area contributed by atoms with E-state index >= 15 is 0 Å². The Hall–Kier alpha value is -2.14. The van der Waals surface area contributed by atoms with Gasteiger partial charge in [-0.15, -0.1) is 0 Å². The highest BCUT2D eigenvalue weighted by Gasteiger charge is 2.12. The Morgan fingerprint density at radius 2 is 1.60 bits per heavy atom. The van der Waals surface area contributed by atoms with Crippen LogP contribution in [-0.2, 0) is 0 Å². The van der Waals surface area contributed by atoms with Gasteiger partial charge >= 0.3 is 0 Å². The van der Waals surface area contributed by atoms with Gasteiger partial charge in [-0.1, -0.05) is 17.7 Å². The first-order valence-corrected chi connectivity index (χ1v) is 6.00. The topological polar surface area (TPSA) is 25.8 Å². The van der Waals surface area contributed by atoms with Gasteiger partial charge in [0.05, 0.1) is 10.9 Å². The van der Waals surface area contributed by atoms with Gasteiger partial charge in [0, 0.05) is 11.6 Å². The second-order valence-electron chi connectivity index (χ2n) is 4.13. The van der Waals surface area contributed by atoms with Crippen molar-refractivity contribution in [3.63, 3.8) is 0 Å². The van der Waals surface area contributed by atoms with Gasteiger partial charge in [-0.2, -0.15) is 0 Å². The lowest BCUT2D eigenvalue weighted by Crippen LogP contribution is -1.95. The Balaban J connectivity index is 2.27. The van der Waals surface area contributed by atoms with Crippen LogP contribution in [0.3, 0.4) is 0 Å². The lowest BCUT2D eigenvalue weighted by Gasteiger charge is -2.05. The van der Waals surface area contributed by atoms with Gasteiger partial charge in [0.15, 0.2) is 5.82 Å². The molecule has 0 bridgehead atoms. The van der Waals surface area contributed by atoms with Crippen molar-refractivity contribution in [2.75, 3.05) is 0 Å². The van der Waals surface area contributed by atoms with Crippen LogP contribution in [0.25, 0.3) is 22.3 Å². The summed E-state index contributed by atoms with van der Waals surface area (Å²) < 4.78 is 40.0. The van der Waals surface area contributed by atoms with Crippen LogP contribution in [0.4, 0.5) is 13.2 Å². The minimum atomic E-state index is -0.751. The molecule has 3 rings (SSSR count). The van der Waals surface area contributed by atoms with E-state index in [1.54, 1.807) is 6.07 Å². The molecule has 0 spiro atoms. The first-order chi connectivity index (χ1) is 9.54. The lowest BCUT2D eigenvalue weighted by atomic mass is 10.2. The van der Waals surface area contributed by atoms with E-state index in [-0.39, 0.29) is 27.4 Å². The van der Waals surface area contributed by atoms with E-state index in [1.165, 1.54) is 12.1 Å². The van der Waals surface area contributed by atoms with Gasteiger partial charge in [-0.05, 0) is 24.3 Å². The first-order valence-electron chi connectivity index (χ1n) is 5.63. The molecule has 0 fully saturated rings. The molecule has 0 N–H and O–H groups in total. The Morgan fingerprint density at radius 3 is 2.30 bits per heavy atom. The molecule has 0 radical (unpaired) electrons. The fraction of sp³-hybridized carbons (Fsp3) is 0. The molecule has 0 aliphatic carbocycles. The van der Waals surface area contributed by atoms with Crippen molar-refractivity contribution in [1.29, 1.82) is 0 Å². The van der Waals surface area contributed by atoms with Crippen molar-refractivity contribution < 1.29 is 13.2 Å². The molecule has 0 saturated heterocycles. The standard InChI is InChI=1S/C14H6ClF3N2/c15-13-12-10(18)2-1-3-11(12)19-14(20-13)7-4-8(16)6-9(17)5-7/h1-6H. The van der Waals surface area contributed by atoms with E-state index < -0.39 is 17.5 Å². The summed E-state index contributed by atoms with van der Waals surface area (Å²) in [5, 5.41) is -0.0254. The Bertz CT molecular complexity index is 801. The number of nitrogens with zero attached hydrogens (tertiary/aromatic N) is 2. The normalized spacial score (nSPS) is 11.0. The molecule has 3 aromatic rings. The largest absolute Gasteiger partial charge is 0.228 e. The number of aromatic nitrogens is 2. The van der Waals surface area contributed by atoms with Crippen LogP contribution in [0.15, 0.2) is 36.4 Å². The van der Waals surface area contributed by atoms with Gasteiger partial charge in [0.25, 0.3) is 0 Å². The highest BCUT2D eigenvalue weighted by Crippen LogP contribution is 2.27. The number of halogens is 4. The van der Waals surface area contributed by atoms with Crippen LogP contribution in [0, 0.1) is 17.5 Å².